The number of hydrogen-bond acceptors (Lipinski definition) is 6. The molecule has 8 heteroatoms. The molecular formula is C19H19N3O5. The third-order valence-electron chi connectivity index (χ3n) is 4.51. The number of fused-ring (bicyclic) bond motifs is 1. The van der Waals surface area contributed by atoms with E-state index in [-0.39, 0.29) is 17.9 Å². The Morgan fingerprint density at radius 1 is 1.30 bits per heavy atom. The molecule has 1 N–H and O–H groups in total. The van der Waals surface area contributed by atoms with Gasteiger partial charge >= 0.3 is 11.8 Å². The van der Waals surface area contributed by atoms with Crippen molar-refractivity contribution in [2.45, 2.75) is 32.0 Å². The minimum Gasteiger partial charge on any atom is -0.483 e. The molecule has 0 spiro atoms. The second kappa shape index (κ2) is 6.79. The topological polar surface area (TPSA) is 93.9 Å². The van der Waals surface area contributed by atoms with Gasteiger partial charge in [-0.2, -0.15) is 0 Å². The molecule has 0 unspecified atom stereocenters. The molecule has 0 radical (unpaired) electrons. The Bertz CT molecular complexity index is 910. The first kappa shape index (κ1) is 17.1. The van der Waals surface area contributed by atoms with Crippen molar-refractivity contribution in [1.82, 2.24) is 4.90 Å². The Hall–Kier alpha value is -3.29. The number of nitrogens with one attached hydrogen (secondary N) is 1. The van der Waals surface area contributed by atoms with Crippen molar-refractivity contribution in [2.24, 2.45) is 0 Å². The molecule has 2 aromatic carbocycles. The van der Waals surface area contributed by atoms with Gasteiger partial charge in [-0.1, -0.05) is 6.07 Å². The standard InChI is InChI=1S/C19H19N3O5/c1-21-11-13-9-14(3-7-17(13)27-19(21)23)20-10-12-2-6-16(22(24)25)18(8-12)26-15-4-5-15/h2-3,6-9,15,20H,4-5,10-11H2,1H3. The smallest absolute Gasteiger partial charge is 0.415 e. The van der Waals surface area contributed by atoms with Gasteiger partial charge in [-0.15, -0.1) is 0 Å². The predicted molar refractivity (Wildman–Crippen MR) is 98.0 cm³/mol. The second-order valence-electron chi connectivity index (χ2n) is 6.78. The lowest BCUT2D eigenvalue weighted by molar-refractivity contribution is -0.386. The monoisotopic (exact) mass is 369 g/mol. The van der Waals surface area contributed by atoms with E-state index in [0.717, 1.165) is 29.7 Å². The number of rotatable bonds is 6. The largest absolute Gasteiger partial charge is 0.483 e. The van der Waals surface area contributed by atoms with E-state index in [1.165, 1.54) is 11.0 Å². The number of hydrogen-bond donors (Lipinski definition) is 1. The van der Waals surface area contributed by atoms with Gasteiger partial charge in [0.2, 0.25) is 0 Å². The summed E-state index contributed by atoms with van der Waals surface area (Å²) in [4.78, 5) is 23.8. The molecule has 0 saturated heterocycles. The molecular weight excluding hydrogens is 350 g/mol. The summed E-state index contributed by atoms with van der Waals surface area (Å²) >= 11 is 0. The van der Waals surface area contributed by atoms with E-state index in [2.05, 4.69) is 5.32 Å². The maximum Gasteiger partial charge on any atom is 0.415 e. The zero-order valence-electron chi connectivity index (χ0n) is 14.8. The van der Waals surface area contributed by atoms with E-state index >= 15 is 0 Å². The highest BCUT2D eigenvalue weighted by atomic mass is 16.6. The molecule has 1 fully saturated rings. The fourth-order valence-corrected chi connectivity index (χ4v) is 2.89. The van der Waals surface area contributed by atoms with Crippen LogP contribution in [0.3, 0.4) is 0 Å². The number of anilines is 1. The predicted octanol–water partition coefficient (Wildman–Crippen LogP) is 3.69. The summed E-state index contributed by atoms with van der Waals surface area (Å²) in [6, 6.07) is 10.5. The normalized spacial score (nSPS) is 15.7. The van der Waals surface area contributed by atoms with E-state index in [1.54, 1.807) is 25.2 Å². The molecule has 1 heterocycles. The minimum atomic E-state index is -0.420. The van der Waals surface area contributed by atoms with Crippen molar-refractivity contribution in [2.75, 3.05) is 12.4 Å². The molecule has 1 aliphatic heterocycles. The van der Waals surface area contributed by atoms with Crippen LogP contribution in [-0.4, -0.2) is 29.1 Å². The third kappa shape index (κ3) is 3.79. The van der Waals surface area contributed by atoms with Crippen LogP contribution in [-0.2, 0) is 13.1 Å². The van der Waals surface area contributed by atoms with E-state index in [4.69, 9.17) is 9.47 Å². The van der Waals surface area contributed by atoms with Crippen molar-refractivity contribution in [3.05, 3.63) is 57.6 Å². The molecule has 4 rings (SSSR count). The van der Waals surface area contributed by atoms with Gasteiger partial charge < -0.3 is 19.7 Å². The number of nitrogens with zero attached hydrogens (tertiary/aromatic N) is 2. The van der Waals surface area contributed by atoms with Gasteiger partial charge in [-0.05, 0) is 42.7 Å². The van der Waals surface area contributed by atoms with Gasteiger partial charge in [-0.3, -0.25) is 10.1 Å². The number of amides is 1. The van der Waals surface area contributed by atoms with Gasteiger partial charge in [0.1, 0.15) is 5.75 Å². The first-order valence-corrected chi connectivity index (χ1v) is 8.73. The lowest BCUT2D eigenvalue weighted by atomic mass is 10.1. The average molecular weight is 369 g/mol. The van der Waals surface area contributed by atoms with Crippen molar-refractivity contribution in [3.63, 3.8) is 0 Å². The molecule has 0 atom stereocenters. The van der Waals surface area contributed by atoms with Crippen LogP contribution in [0.1, 0.15) is 24.0 Å². The second-order valence-corrected chi connectivity index (χ2v) is 6.78. The Labute approximate surface area is 155 Å². The van der Waals surface area contributed by atoms with Crippen molar-refractivity contribution in [1.29, 1.82) is 0 Å². The molecule has 0 bridgehead atoms. The minimum absolute atomic E-state index is 0.00992. The molecule has 1 saturated carbocycles. The summed E-state index contributed by atoms with van der Waals surface area (Å²) in [6.07, 6.45) is 1.60. The molecule has 140 valence electrons. The van der Waals surface area contributed by atoms with Gasteiger partial charge in [0, 0.05) is 30.9 Å². The van der Waals surface area contributed by atoms with E-state index in [1.807, 2.05) is 12.1 Å². The molecule has 27 heavy (non-hydrogen) atoms. The van der Waals surface area contributed by atoms with Crippen molar-refractivity contribution >= 4 is 17.5 Å². The van der Waals surface area contributed by atoms with Crippen molar-refractivity contribution < 1.29 is 19.2 Å². The molecule has 0 aromatic heterocycles. The average Bonchev–Trinajstić information content (AvgIpc) is 3.45. The quantitative estimate of drug-likeness (QED) is 0.616. The maximum atomic E-state index is 11.6. The van der Waals surface area contributed by atoms with Crippen LogP contribution >= 0.6 is 0 Å². The summed E-state index contributed by atoms with van der Waals surface area (Å²) in [6.45, 7) is 0.980. The SMILES string of the molecule is CN1Cc2cc(NCc3ccc([N+](=O)[O-])c(OC4CC4)c3)ccc2OC1=O. The fraction of sp³-hybridized carbons (Fsp3) is 0.316. The molecule has 1 amide bonds. The number of ether oxygens (including phenoxy) is 2. The Morgan fingerprint density at radius 3 is 2.85 bits per heavy atom. The van der Waals surface area contributed by atoms with Gasteiger partial charge in [0.05, 0.1) is 17.6 Å². The summed E-state index contributed by atoms with van der Waals surface area (Å²) < 4.78 is 10.9. The Kier molecular flexibility index (Phi) is 4.31. The van der Waals surface area contributed by atoms with E-state index in [0.29, 0.717) is 24.6 Å². The van der Waals surface area contributed by atoms with Crippen LogP contribution in [0.4, 0.5) is 16.2 Å². The molecule has 1 aliphatic carbocycles. The first-order valence-electron chi connectivity index (χ1n) is 8.73. The van der Waals surface area contributed by atoms with E-state index in [9.17, 15) is 14.9 Å². The van der Waals surface area contributed by atoms with Gasteiger partial charge in [-0.25, -0.2) is 4.79 Å². The zero-order valence-corrected chi connectivity index (χ0v) is 14.8. The molecule has 2 aromatic rings. The number of carbonyl (C=O) groups excluding carboxylic acids is 1. The number of benzene rings is 2. The highest BCUT2D eigenvalue weighted by Crippen LogP contribution is 2.34. The van der Waals surface area contributed by atoms with Gasteiger partial charge in [0.15, 0.2) is 5.75 Å². The third-order valence-corrected chi connectivity index (χ3v) is 4.51. The molecule has 2 aliphatic rings. The van der Waals surface area contributed by atoms with Crippen LogP contribution in [0.2, 0.25) is 0 Å². The summed E-state index contributed by atoms with van der Waals surface area (Å²) in [7, 11) is 1.68. The highest BCUT2D eigenvalue weighted by Gasteiger charge is 2.27. The Morgan fingerprint density at radius 2 is 2.11 bits per heavy atom. The summed E-state index contributed by atoms with van der Waals surface area (Å²) in [5.74, 6) is 0.889. The number of carbonyl (C=O) groups is 1. The van der Waals surface area contributed by atoms with E-state index < -0.39 is 4.92 Å². The molecule has 8 nitrogen and oxygen atoms in total. The zero-order chi connectivity index (χ0) is 19.0. The van der Waals surface area contributed by atoms with Crippen LogP contribution < -0.4 is 14.8 Å². The maximum absolute atomic E-state index is 11.6. The van der Waals surface area contributed by atoms with Crippen LogP contribution in [0.5, 0.6) is 11.5 Å². The summed E-state index contributed by atoms with van der Waals surface area (Å²) in [5.41, 5.74) is 2.67. The first-order chi connectivity index (χ1) is 13.0. The van der Waals surface area contributed by atoms with Crippen LogP contribution in [0.25, 0.3) is 0 Å². The highest BCUT2D eigenvalue weighted by molar-refractivity contribution is 5.73. The van der Waals surface area contributed by atoms with Crippen LogP contribution in [0.15, 0.2) is 36.4 Å². The lowest BCUT2D eigenvalue weighted by Crippen LogP contribution is -2.33. The van der Waals surface area contributed by atoms with Gasteiger partial charge in [0.25, 0.3) is 0 Å². The fourth-order valence-electron chi connectivity index (χ4n) is 2.89. The Balaban J connectivity index is 1.48. The lowest BCUT2D eigenvalue weighted by Gasteiger charge is -2.24. The summed E-state index contributed by atoms with van der Waals surface area (Å²) in [5, 5.41) is 14.5. The number of nitro benzene ring substituents is 1. The van der Waals surface area contributed by atoms with Crippen molar-refractivity contribution in [3.8, 4) is 11.5 Å². The number of nitro groups is 1. The van der Waals surface area contributed by atoms with Crippen LogP contribution in [0, 0.1) is 10.1 Å².